The average molecular weight is 619 g/mol. The molecular formula is C26H26AsF3N6O2S. The third-order valence-corrected chi connectivity index (χ3v) is 9.93. The predicted molar refractivity (Wildman–Crippen MR) is 146 cm³/mol. The number of nitrogens with two attached hydrogens (primary N) is 1. The Bertz CT molecular complexity index is 1590. The van der Waals surface area contributed by atoms with Crippen LogP contribution in [-0.2, 0) is 16.2 Å². The summed E-state index contributed by atoms with van der Waals surface area (Å²) in [5, 5.41) is 9.53. The molecule has 0 amide bonds. The second kappa shape index (κ2) is 11.2. The zero-order valence-corrected chi connectivity index (χ0v) is 23.7. The number of benzene rings is 2. The van der Waals surface area contributed by atoms with Crippen molar-refractivity contribution >= 4 is 52.8 Å². The van der Waals surface area contributed by atoms with Crippen LogP contribution in [0.15, 0.2) is 65.8 Å². The third-order valence-electron chi connectivity index (χ3n) is 6.47. The van der Waals surface area contributed by atoms with Gasteiger partial charge < -0.3 is 0 Å². The standard InChI is InChI=1S/C26H26AsF3N6O2S/c28-26(29,30)22-14-18(16-32-24(22)27-10-13-36-11-1-2-12-36)21-5-3-4-17-15-33-25(35-23(17)21)34-19-6-8-20(9-7-19)39(31,37)38/h3-9,14-16,27H,1-2,10-13H2,(H2,31,37,38)(H,33,34,35). The summed E-state index contributed by atoms with van der Waals surface area (Å²) >= 11 is -1.05. The van der Waals surface area contributed by atoms with Gasteiger partial charge in [0, 0.05) is 0 Å². The van der Waals surface area contributed by atoms with Gasteiger partial charge in [-0.15, -0.1) is 0 Å². The van der Waals surface area contributed by atoms with Crippen LogP contribution in [-0.4, -0.2) is 63.7 Å². The molecule has 13 heteroatoms. The van der Waals surface area contributed by atoms with Crippen molar-refractivity contribution < 1.29 is 21.6 Å². The Morgan fingerprint density at radius 2 is 1.77 bits per heavy atom. The van der Waals surface area contributed by atoms with E-state index in [1.165, 1.54) is 36.5 Å². The van der Waals surface area contributed by atoms with E-state index >= 15 is 0 Å². The van der Waals surface area contributed by atoms with Crippen LogP contribution in [0.3, 0.4) is 0 Å². The van der Waals surface area contributed by atoms with Gasteiger partial charge >= 0.3 is 203 Å². The molecule has 204 valence electrons. The summed E-state index contributed by atoms with van der Waals surface area (Å²) < 4.78 is 65.4. The Hall–Kier alpha value is -3.05. The fourth-order valence-electron chi connectivity index (χ4n) is 4.51. The molecule has 0 bridgehead atoms. The Balaban J connectivity index is 1.44. The van der Waals surface area contributed by atoms with E-state index < -0.39 is 37.5 Å². The number of likely N-dealkylation sites (tertiary alicyclic amines) is 1. The summed E-state index contributed by atoms with van der Waals surface area (Å²) in [6.07, 6.45) is 0.865. The number of nitrogens with zero attached hydrogens (tertiary/aromatic N) is 4. The molecule has 1 aliphatic rings. The number of hydrogen-bond donors (Lipinski definition) is 2. The van der Waals surface area contributed by atoms with Crippen LogP contribution in [0.1, 0.15) is 18.4 Å². The van der Waals surface area contributed by atoms with Gasteiger partial charge in [0.2, 0.25) is 10.0 Å². The van der Waals surface area contributed by atoms with Crippen LogP contribution in [0, 0.1) is 0 Å². The van der Waals surface area contributed by atoms with Crippen LogP contribution < -0.4 is 14.9 Å². The van der Waals surface area contributed by atoms with Crippen LogP contribution in [0.25, 0.3) is 22.0 Å². The monoisotopic (exact) mass is 618 g/mol. The number of hydrogen-bond acceptors (Lipinski definition) is 7. The van der Waals surface area contributed by atoms with Gasteiger partial charge in [-0.1, -0.05) is 0 Å². The van der Waals surface area contributed by atoms with Gasteiger partial charge in [-0.25, -0.2) is 13.6 Å². The number of aromatic nitrogens is 3. The summed E-state index contributed by atoms with van der Waals surface area (Å²) in [7, 11) is -3.83. The number of rotatable bonds is 8. The second-order valence-electron chi connectivity index (χ2n) is 9.22. The Kier molecular flexibility index (Phi) is 7.91. The fourth-order valence-corrected chi connectivity index (χ4v) is 7.60. The first-order valence-corrected chi connectivity index (χ1v) is 16.4. The summed E-state index contributed by atoms with van der Waals surface area (Å²) in [4.78, 5) is 15.4. The SMILES string of the molecule is NS(=O)(=O)c1ccc(Nc2ncc3cccc(-c4cnc([AsH]CCN5CCCC5)c(C(F)(F)F)c4)c3n2)cc1. The van der Waals surface area contributed by atoms with Crippen LogP contribution >= 0.6 is 0 Å². The number of para-hydroxylation sites is 1. The Labute approximate surface area is 230 Å². The zero-order valence-electron chi connectivity index (χ0n) is 20.7. The van der Waals surface area contributed by atoms with Gasteiger partial charge in [-0.2, -0.15) is 0 Å². The van der Waals surface area contributed by atoms with E-state index in [1.54, 1.807) is 24.4 Å². The molecule has 3 N–H and O–H groups in total. The molecule has 1 atom stereocenters. The second-order valence-corrected chi connectivity index (χ2v) is 13.6. The molecule has 3 heterocycles. The summed E-state index contributed by atoms with van der Waals surface area (Å²) in [5.74, 6) is 0.201. The van der Waals surface area contributed by atoms with Crippen LogP contribution in [0.2, 0.25) is 5.21 Å². The van der Waals surface area contributed by atoms with E-state index in [4.69, 9.17) is 5.14 Å². The van der Waals surface area contributed by atoms with Crippen molar-refractivity contribution in [1.82, 2.24) is 19.9 Å². The molecule has 39 heavy (non-hydrogen) atoms. The summed E-state index contributed by atoms with van der Waals surface area (Å²) in [6, 6.07) is 12.1. The number of sulfonamides is 1. The van der Waals surface area contributed by atoms with Crippen molar-refractivity contribution in [2.45, 2.75) is 29.1 Å². The molecule has 1 aliphatic heterocycles. The summed E-state index contributed by atoms with van der Waals surface area (Å²) in [5.41, 5.74) is 1.13. The van der Waals surface area contributed by atoms with Gasteiger partial charge in [0.25, 0.3) is 0 Å². The summed E-state index contributed by atoms with van der Waals surface area (Å²) in [6.45, 7) is 2.86. The average Bonchev–Trinajstić information content (AvgIpc) is 3.41. The van der Waals surface area contributed by atoms with Gasteiger partial charge in [0.15, 0.2) is 0 Å². The molecule has 2 aromatic carbocycles. The van der Waals surface area contributed by atoms with E-state index in [2.05, 4.69) is 25.2 Å². The van der Waals surface area contributed by atoms with Crippen molar-refractivity contribution in [3.05, 3.63) is 66.5 Å². The molecular weight excluding hydrogens is 592 g/mol. The molecule has 5 rings (SSSR count). The van der Waals surface area contributed by atoms with E-state index in [9.17, 15) is 21.6 Å². The Morgan fingerprint density at radius 3 is 2.46 bits per heavy atom. The number of fused-ring (bicyclic) bond motifs is 1. The van der Waals surface area contributed by atoms with E-state index in [0.29, 0.717) is 27.7 Å². The predicted octanol–water partition coefficient (Wildman–Crippen LogP) is 3.68. The maximum absolute atomic E-state index is 14.1. The van der Waals surface area contributed by atoms with E-state index in [1.807, 2.05) is 0 Å². The molecule has 4 aromatic rings. The minimum absolute atomic E-state index is 0.0371. The van der Waals surface area contributed by atoms with Gasteiger partial charge in [-0.05, 0) is 0 Å². The first-order valence-electron chi connectivity index (χ1n) is 12.3. The number of halogens is 3. The fraction of sp³-hybridized carbons (Fsp3) is 0.269. The number of nitrogens with one attached hydrogen (secondary N) is 1. The minimum atomic E-state index is -4.51. The molecule has 2 aromatic heterocycles. The first-order chi connectivity index (χ1) is 18.6. The topological polar surface area (TPSA) is 114 Å². The van der Waals surface area contributed by atoms with Crippen molar-refractivity contribution in [2.24, 2.45) is 5.14 Å². The third kappa shape index (κ3) is 6.58. The number of alkyl halides is 3. The maximum atomic E-state index is 14.1. The van der Waals surface area contributed by atoms with Gasteiger partial charge in [0.05, 0.1) is 4.90 Å². The molecule has 1 saturated heterocycles. The number of primary sulfonamides is 1. The van der Waals surface area contributed by atoms with Crippen molar-refractivity contribution in [3.8, 4) is 11.1 Å². The number of pyridine rings is 1. The molecule has 8 nitrogen and oxygen atoms in total. The van der Waals surface area contributed by atoms with Crippen LogP contribution in [0.4, 0.5) is 24.8 Å². The Morgan fingerprint density at radius 1 is 1.03 bits per heavy atom. The normalized spacial score (nSPS) is 15.0. The van der Waals surface area contributed by atoms with Crippen LogP contribution in [0.5, 0.6) is 0 Å². The van der Waals surface area contributed by atoms with Gasteiger partial charge in [-0.3, -0.25) is 0 Å². The number of anilines is 2. The molecule has 0 saturated carbocycles. The quantitative estimate of drug-likeness (QED) is 0.290. The zero-order chi connectivity index (χ0) is 27.6. The van der Waals surface area contributed by atoms with E-state index in [-0.39, 0.29) is 15.3 Å². The molecule has 0 spiro atoms. The molecule has 0 aliphatic carbocycles. The molecule has 1 fully saturated rings. The van der Waals surface area contributed by atoms with Crippen molar-refractivity contribution in [3.63, 3.8) is 0 Å². The van der Waals surface area contributed by atoms with Gasteiger partial charge in [0.1, 0.15) is 0 Å². The van der Waals surface area contributed by atoms with E-state index in [0.717, 1.165) is 37.7 Å². The first kappa shape index (κ1) is 27.5. The van der Waals surface area contributed by atoms with Crippen molar-refractivity contribution in [1.29, 1.82) is 0 Å². The molecule has 0 radical (unpaired) electrons. The molecule has 1 unspecified atom stereocenters. The van der Waals surface area contributed by atoms with Crippen molar-refractivity contribution in [2.75, 3.05) is 25.0 Å².